The fourth-order valence-electron chi connectivity index (χ4n) is 3.43. The molecule has 0 aliphatic carbocycles. The third-order valence-electron chi connectivity index (χ3n) is 7.65. The Bertz CT molecular complexity index is 577. The minimum atomic E-state index is -0.579. The summed E-state index contributed by atoms with van der Waals surface area (Å²) in [6.07, 6.45) is 2.57. The van der Waals surface area contributed by atoms with E-state index in [0.717, 1.165) is 26.6 Å². The zero-order valence-corrected chi connectivity index (χ0v) is 24.1. The SMILES string of the molecule is CC(C)(C)BCCOC(C)(C)CCOC(C)(C)CCOC(=O)C(C)(C)C(C)(C)C(C)(C)C. The van der Waals surface area contributed by atoms with Gasteiger partial charge in [0.2, 0.25) is 0 Å². The molecule has 0 rings (SSSR count). The van der Waals surface area contributed by atoms with Gasteiger partial charge in [0.25, 0.3) is 0 Å². The maximum absolute atomic E-state index is 12.9. The van der Waals surface area contributed by atoms with Crippen LogP contribution in [0.25, 0.3) is 0 Å². The molecule has 190 valence electrons. The molecule has 0 radical (unpaired) electrons. The van der Waals surface area contributed by atoms with Crippen molar-refractivity contribution in [3.05, 3.63) is 0 Å². The van der Waals surface area contributed by atoms with E-state index < -0.39 is 5.41 Å². The van der Waals surface area contributed by atoms with Gasteiger partial charge in [-0.25, -0.2) is 0 Å². The van der Waals surface area contributed by atoms with Gasteiger partial charge < -0.3 is 14.2 Å². The minimum Gasteiger partial charge on any atom is -0.465 e. The first-order chi connectivity index (χ1) is 14.0. The van der Waals surface area contributed by atoms with Crippen molar-refractivity contribution in [3.63, 3.8) is 0 Å². The zero-order valence-electron chi connectivity index (χ0n) is 24.1. The Kier molecular flexibility index (Phi) is 11.1. The third kappa shape index (κ3) is 10.6. The fourth-order valence-corrected chi connectivity index (χ4v) is 3.43. The highest BCUT2D eigenvalue weighted by Crippen LogP contribution is 2.51. The van der Waals surface area contributed by atoms with E-state index >= 15 is 0 Å². The van der Waals surface area contributed by atoms with Crippen LogP contribution in [0.1, 0.15) is 110 Å². The first-order valence-electron chi connectivity index (χ1n) is 12.5. The molecule has 0 atom stereocenters. The molecule has 0 aromatic heterocycles. The van der Waals surface area contributed by atoms with Crippen molar-refractivity contribution in [2.24, 2.45) is 16.2 Å². The maximum atomic E-state index is 12.9. The second-order valence-electron chi connectivity index (χ2n) is 14.0. The Morgan fingerprint density at radius 2 is 1.09 bits per heavy atom. The Morgan fingerprint density at radius 1 is 0.656 bits per heavy atom. The highest BCUT2D eigenvalue weighted by Gasteiger charge is 2.50. The average molecular weight is 455 g/mol. The summed E-state index contributed by atoms with van der Waals surface area (Å²) >= 11 is 0. The molecule has 0 unspecified atom stereocenters. The normalized spacial score (nSPS) is 14.4. The molecular weight excluding hydrogens is 399 g/mol. The number of rotatable bonds is 13. The molecular formula is C27H55BO4. The molecule has 0 bridgehead atoms. The van der Waals surface area contributed by atoms with E-state index in [0.29, 0.717) is 24.9 Å². The van der Waals surface area contributed by atoms with Crippen LogP contribution in [-0.2, 0) is 19.0 Å². The zero-order chi connectivity index (χ0) is 25.6. The Labute approximate surface area is 201 Å². The summed E-state index contributed by atoms with van der Waals surface area (Å²) in [6.45, 7) is 31.7. The Morgan fingerprint density at radius 3 is 1.53 bits per heavy atom. The van der Waals surface area contributed by atoms with Gasteiger partial charge in [0.1, 0.15) is 7.28 Å². The lowest BCUT2D eigenvalue weighted by atomic mass is 9.53. The highest BCUT2D eigenvalue weighted by atomic mass is 16.5. The van der Waals surface area contributed by atoms with Crippen molar-refractivity contribution in [1.82, 2.24) is 0 Å². The number of hydrogen-bond acceptors (Lipinski definition) is 4. The first-order valence-corrected chi connectivity index (χ1v) is 12.5. The molecule has 32 heavy (non-hydrogen) atoms. The van der Waals surface area contributed by atoms with E-state index in [1.165, 1.54) is 0 Å². The second-order valence-corrected chi connectivity index (χ2v) is 14.0. The van der Waals surface area contributed by atoms with Gasteiger partial charge in [-0.2, -0.15) is 0 Å². The van der Waals surface area contributed by atoms with Crippen molar-refractivity contribution < 1.29 is 19.0 Å². The molecule has 0 spiro atoms. The van der Waals surface area contributed by atoms with Crippen LogP contribution in [0.2, 0.25) is 11.6 Å². The summed E-state index contributed by atoms with van der Waals surface area (Å²) in [5.74, 6) is -0.141. The molecule has 0 aliphatic heterocycles. The van der Waals surface area contributed by atoms with Crippen LogP contribution >= 0.6 is 0 Å². The van der Waals surface area contributed by atoms with Gasteiger partial charge in [0.15, 0.2) is 0 Å². The van der Waals surface area contributed by atoms with Gasteiger partial charge in [0, 0.05) is 13.0 Å². The summed E-state index contributed by atoms with van der Waals surface area (Å²) in [5, 5.41) is 0.349. The van der Waals surface area contributed by atoms with Gasteiger partial charge in [-0.05, 0) is 58.8 Å². The molecule has 0 aromatic carbocycles. The number of esters is 1. The van der Waals surface area contributed by atoms with E-state index in [1.807, 2.05) is 13.8 Å². The first kappa shape index (κ1) is 31.5. The number of carbonyl (C=O) groups is 1. The van der Waals surface area contributed by atoms with Gasteiger partial charge in [-0.15, -0.1) is 0 Å². The van der Waals surface area contributed by atoms with Crippen LogP contribution in [0, 0.1) is 16.2 Å². The van der Waals surface area contributed by atoms with Crippen molar-refractivity contribution in [3.8, 4) is 0 Å². The van der Waals surface area contributed by atoms with Gasteiger partial charge in [0.05, 0.1) is 29.8 Å². The number of carbonyl (C=O) groups excluding carboxylic acids is 1. The highest BCUT2D eigenvalue weighted by molar-refractivity contribution is 6.39. The van der Waals surface area contributed by atoms with Crippen LogP contribution in [0.4, 0.5) is 0 Å². The van der Waals surface area contributed by atoms with Crippen molar-refractivity contribution >= 4 is 13.2 Å². The molecule has 5 heteroatoms. The summed E-state index contributed by atoms with van der Waals surface area (Å²) in [4.78, 5) is 12.9. The van der Waals surface area contributed by atoms with Gasteiger partial charge in [-0.1, -0.05) is 67.0 Å². The lowest BCUT2D eigenvalue weighted by Gasteiger charge is -2.48. The maximum Gasteiger partial charge on any atom is 0.312 e. The smallest absolute Gasteiger partial charge is 0.312 e. The molecule has 0 fully saturated rings. The minimum absolute atomic E-state index is 0.0144. The van der Waals surface area contributed by atoms with E-state index in [-0.39, 0.29) is 28.0 Å². The topological polar surface area (TPSA) is 44.8 Å². The predicted molar refractivity (Wildman–Crippen MR) is 139 cm³/mol. The third-order valence-corrected chi connectivity index (χ3v) is 7.65. The molecule has 0 aromatic rings. The largest absolute Gasteiger partial charge is 0.465 e. The fraction of sp³-hybridized carbons (Fsp3) is 0.963. The van der Waals surface area contributed by atoms with E-state index in [4.69, 9.17) is 14.2 Å². The van der Waals surface area contributed by atoms with E-state index in [9.17, 15) is 4.79 Å². The summed E-state index contributed by atoms with van der Waals surface area (Å²) in [5.41, 5.74) is -1.36. The van der Waals surface area contributed by atoms with Crippen molar-refractivity contribution in [1.29, 1.82) is 0 Å². The molecule has 0 saturated heterocycles. The summed E-state index contributed by atoms with van der Waals surface area (Å²) in [6, 6.07) is 0. The standard InChI is InChI=1S/C27H55BO4/c1-22(2,3)27(13,14)26(11,12)21(29)30-18-15-24(7,8)31-19-16-25(9,10)32-20-17-28-23(4,5)6/h28H,15-20H2,1-14H3. The van der Waals surface area contributed by atoms with Gasteiger partial charge >= 0.3 is 5.97 Å². The van der Waals surface area contributed by atoms with Crippen molar-refractivity contribution in [2.75, 3.05) is 19.8 Å². The van der Waals surface area contributed by atoms with Crippen molar-refractivity contribution in [2.45, 2.75) is 133 Å². The quantitative estimate of drug-likeness (QED) is 0.170. The average Bonchev–Trinajstić information content (AvgIpc) is 2.56. The molecule has 0 amide bonds. The van der Waals surface area contributed by atoms with Crippen LogP contribution in [0.15, 0.2) is 0 Å². The van der Waals surface area contributed by atoms with E-state index in [1.54, 1.807) is 0 Å². The molecule has 0 N–H and O–H groups in total. The molecule has 0 heterocycles. The number of ether oxygens (including phenoxy) is 3. The lowest BCUT2D eigenvalue weighted by molar-refractivity contribution is -0.168. The molecule has 0 saturated carbocycles. The predicted octanol–water partition coefficient (Wildman–Crippen LogP) is 7.07. The Balaban J connectivity index is 4.47. The van der Waals surface area contributed by atoms with Crippen LogP contribution in [-0.4, -0.2) is 44.3 Å². The van der Waals surface area contributed by atoms with Crippen LogP contribution < -0.4 is 0 Å². The van der Waals surface area contributed by atoms with Crippen LogP contribution in [0.3, 0.4) is 0 Å². The van der Waals surface area contributed by atoms with Gasteiger partial charge in [-0.3, -0.25) is 4.79 Å². The summed E-state index contributed by atoms with van der Waals surface area (Å²) < 4.78 is 18.0. The van der Waals surface area contributed by atoms with E-state index in [2.05, 4.69) is 83.1 Å². The molecule has 4 nitrogen and oxygen atoms in total. The monoisotopic (exact) mass is 454 g/mol. The second kappa shape index (κ2) is 11.3. The summed E-state index contributed by atoms with van der Waals surface area (Å²) in [7, 11) is 1.16. The lowest BCUT2D eigenvalue weighted by Crippen LogP contribution is -2.48. The number of hydrogen-bond donors (Lipinski definition) is 0. The Hall–Kier alpha value is -0.545. The molecule has 0 aliphatic rings. The van der Waals surface area contributed by atoms with Crippen LogP contribution in [0.5, 0.6) is 0 Å².